The maximum Gasteiger partial charge on any atom is 0.251 e. The molecule has 0 radical (unpaired) electrons. The van der Waals surface area contributed by atoms with Crippen LogP contribution in [-0.2, 0) is 23.1 Å². The van der Waals surface area contributed by atoms with Gasteiger partial charge in [-0.05, 0) is 98.4 Å². The second-order valence-electron chi connectivity index (χ2n) is 9.76. The quantitative estimate of drug-likeness (QED) is 0.309. The lowest BCUT2D eigenvalue weighted by Crippen LogP contribution is -2.31. The highest BCUT2D eigenvalue weighted by atomic mass is 32.2. The zero-order valence-corrected chi connectivity index (χ0v) is 23.0. The number of ether oxygens (including phenoxy) is 2. The largest absolute Gasteiger partial charge is 0.494 e. The number of nitrogens with two attached hydrogens (primary N) is 1. The third kappa shape index (κ3) is 9.38. The van der Waals surface area contributed by atoms with E-state index in [0.717, 1.165) is 36.4 Å². The topological polar surface area (TPSA) is 111 Å². The van der Waals surface area contributed by atoms with E-state index in [1.54, 1.807) is 36.4 Å². The molecule has 208 valence electrons. The molecule has 1 amide bonds. The smallest absolute Gasteiger partial charge is 0.251 e. The maximum atomic E-state index is 12.5. The van der Waals surface area contributed by atoms with Crippen molar-refractivity contribution in [3.8, 4) is 11.5 Å². The predicted molar refractivity (Wildman–Crippen MR) is 151 cm³/mol. The number of benzene rings is 3. The fourth-order valence-electron chi connectivity index (χ4n) is 4.48. The number of nitrogens with zero attached hydrogens (tertiary/aromatic N) is 1. The molecule has 4 rings (SSSR count). The average Bonchev–Trinajstić information content (AvgIpc) is 2.95. The first-order valence-corrected chi connectivity index (χ1v) is 15.0. The van der Waals surface area contributed by atoms with Crippen LogP contribution in [0.3, 0.4) is 0 Å². The number of sulfonamides is 1. The van der Waals surface area contributed by atoms with Crippen LogP contribution < -0.4 is 19.9 Å². The van der Waals surface area contributed by atoms with Crippen molar-refractivity contribution in [1.29, 1.82) is 0 Å². The first-order valence-electron chi connectivity index (χ1n) is 13.4. The van der Waals surface area contributed by atoms with Gasteiger partial charge in [0.25, 0.3) is 5.91 Å². The minimum absolute atomic E-state index is 0.0671. The Hall–Kier alpha value is -3.40. The Morgan fingerprint density at radius 3 is 2.10 bits per heavy atom. The van der Waals surface area contributed by atoms with Gasteiger partial charge < -0.3 is 19.7 Å². The minimum atomic E-state index is -3.71. The number of amides is 1. The molecule has 3 aromatic carbocycles. The second kappa shape index (κ2) is 14.1. The van der Waals surface area contributed by atoms with Gasteiger partial charge in [0.2, 0.25) is 10.0 Å². The molecular formula is C30H37N3O5S. The molecule has 3 aromatic rings. The van der Waals surface area contributed by atoms with Gasteiger partial charge in [0, 0.05) is 18.7 Å². The monoisotopic (exact) mass is 551 g/mol. The lowest BCUT2D eigenvalue weighted by Gasteiger charge is -2.26. The summed E-state index contributed by atoms with van der Waals surface area (Å²) in [5.41, 5.74) is 2.47. The molecule has 1 saturated heterocycles. The van der Waals surface area contributed by atoms with Crippen LogP contribution in [0, 0.1) is 0 Å². The van der Waals surface area contributed by atoms with Crippen LogP contribution >= 0.6 is 0 Å². The molecule has 8 nitrogen and oxygen atoms in total. The zero-order valence-electron chi connectivity index (χ0n) is 22.2. The summed E-state index contributed by atoms with van der Waals surface area (Å²) in [6.45, 7) is 5.10. The van der Waals surface area contributed by atoms with Gasteiger partial charge in [0.1, 0.15) is 18.1 Å². The third-order valence-electron chi connectivity index (χ3n) is 6.73. The van der Waals surface area contributed by atoms with Gasteiger partial charge in [0.15, 0.2) is 0 Å². The lowest BCUT2D eigenvalue weighted by atomic mass is 10.1. The van der Waals surface area contributed by atoms with E-state index >= 15 is 0 Å². The molecule has 0 unspecified atom stereocenters. The van der Waals surface area contributed by atoms with E-state index < -0.39 is 10.0 Å². The summed E-state index contributed by atoms with van der Waals surface area (Å²) >= 11 is 0. The minimum Gasteiger partial charge on any atom is -0.494 e. The van der Waals surface area contributed by atoms with Crippen molar-refractivity contribution in [1.82, 2.24) is 10.2 Å². The van der Waals surface area contributed by atoms with Gasteiger partial charge in [-0.3, -0.25) is 4.79 Å². The average molecular weight is 552 g/mol. The van der Waals surface area contributed by atoms with Crippen LogP contribution in [0.2, 0.25) is 0 Å². The highest BCUT2D eigenvalue weighted by Crippen LogP contribution is 2.17. The zero-order chi connectivity index (χ0) is 27.5. The number of nitrogens with one attached hydrogen (secondary N) is 1. The number of likely N-dealkylation sites (tertiary alicyclic amines) is 1. The summed E-state index contributed by atoms with van der Waals surface area (Å²) in [4.78, 5) is 15.0. The molecule has 1 fully saturated rings. The molecule has 0 atom stereocenters. The van der Waals surface area contributed by atoms with Crippen molar-refractivity contribution in [2.24, 2.45) is 5.14 Å². The normalized spacial score (nSPS) is 14.1. The Kier molecular flexibility index (Phi) is 10.4. The van der Waals surface area contributed by atoms with Crippen LogP contribution in [0.25, 0.3) is 0 Å². The number of rotatable bonds is 13. The molecule has 1 heterocycles. The Morgan fingerprint density at radius 1 is 0.821 bits per heavy atom. The summed E-state index contributed by atoms with van der Waals surface area (Å²) in [5, 5.41) is 7.99. The third-order valence-corrected chi connectivity index (χ3v) is 7.66. The number of piperidine rings is 1. The van der Waals surface area contributed by atoms with E-state index in [-0.39, 0.29) is 10.8 Å². The van der Waals surface area contributed by atoms with E-state index in [2.05, 4.69) is 10.2 Å². The van der Waals surface area contributed by atoms with Crippen molar-refractivity contribution in [3.05, 3.63) is 89.5 Å². The Bertz CT molecular complexity index is 1290. The second-order valence-corrected chi connectivity index (χ2v) is 11.3. The highest BCUT2D eigenvalue weighted by molar-refractivity contribution is 7.89. The highest BCUT2D eigenvalue weighted by Gasteiger charge is 2.10. The standard InChI is InChI=1S/C30H37N3O5S/c31-39(35,36)29-15-7-24(8-16-29)17-18-32-30(34)26-9-13-28(14-10-26)38-23-25-5-11-27(12-6-25)37-22-4-21-33-19-2-1-3-20-33/h5-16H,1-4,17-23H2,(H,32,34)(H2,31,35,36). The van der Waals surface area contributed by atoms with Crippen LogP contribution in [0.1, 0.15) is 47.2 Å². The molecule has 0 aromatic heterocycles. The molecular weight excluding hydrogens is 514 g/mol. The maximum absolute atomic E-state index is 12.5. The predicted octanol–water partition coefficient (Wildman–Crippen LogP) is 4.14. The molecule has 1 aliphatic rings. The van der Waals surface area contributed by atoms with Gasteiger partial charge in [-0.15, -0.1) is 0 Å². The van der Waals surface area contributed by atoms with Crippen molar-refractivity contribution in [3.63, 3.8) is 0 Å². The van der Waals surface area contributed by atoms with Crippen LogP contribution in [-0.4, -0.2) is 52.0 Å². The molecule has 0 spiro atoms. The van der Waals surface area contributed by atoms with Gasteiger partial charge in [-0.25, -0.2) is 13.6 Å². The first-order chi connectivity index (χ1) is 18.9. The van der Waals surface area contributed by atoms with Gasteiger partial charge in [0.05, 0.1) is 11.5 Å². The summed E-state index contributed by atoms with van der Waals surface area (Å²) < 4.78 is 34.4. The van der Waals surface area contributed by atoms with Gasteiger partial charge >= 0.3 is 0 Å². The molecule has 0 bridgehead atoms. The molecule has 3 N–H and O–H groups in total. The fourth-order valence-corrected chi connectivity index (χ4v) is 5.00. The number of carbonyl (C=O) groups excluding carboxylic acids is 1. The lowest BCUT2D eigenvalue weighted by molar-refractivity contribution is 0.0954. The molecule has 39 heavy (non-hydrogen) atoms. The molecule has 0 aliphatic carbocycles. The first kappa shape index (κ1) is 28.6. The number of carbonyl (C=O) groups is 1. The van der Waals surface area contributed by atoms with Gasteiger partial charge in [-0.2, -0.15) is 0 Å². The number of primary sulfonamides is 1. The number of hydrogen-bond donors (Lipinski definition) is 2. The number of hydrogen-bond acceptors (Lipinski definition) is 6. The van der Waals surface area contributed by atoms with Gasteiger partial charge in [-0.1, -0.05) is 30.7 Å². The van der Waals surface area contributed by atoms with Crippen molar-refractivity contribution >= 4 is 15.9 Å². The van der Waals surface area contributed by atoms with Crippen LogP contribution in [0.15, 0.2) is 77.7 Å². The van der Waals surface area contributed by atoms with Crippen molar-refractivity contribution in [2.45, 2.75) is 43.6 Å². The van der Waals surface area contributed by atoms with Crippen molar-refractivity contribution < 1.29 is 22.7 Å². The van der Waals surface area contributed by atoms with Crippen LogP contribution in [0.4, 0.5) is 0 Å². The molecule has 0 saturated carbocycles. The summed E-state index contributed by atoms with van der Waals surface area (Å²) in [6, 6.07) is 21.3. The van der Waals surface area contributed by atoms with E-state index in [4.69, 9.17) is 14.6 Å². The van der Waals surface area contributed by atoms with E-state index in [0.29, 0.717) is 30.9 Å². The van der Waals surface area contributed by atoms with E-state index in [9.17, 15) is 13.2 Å². The summed E-state index contributed by atoms with van der Waals surface area (Å²) in [7, 11) is -3.71. The molecule has 9 heteroatoms. The van der Waals surface area contributed by atoms with E-state index in [1.807, 2.05) is 24.3 Å². The SMILES string of the molecule is NS(=O)(=O)c1ccc(CCNC(=O)c2ccc(OCc3ccc(OCCCN4CCCCC4)cc3)cc2)cc1. The Balaban J connectivity index is 1.14. The fraction of sp³-hybridized carbons (Fsp3) is 0.367. The van der Waals surface area contributed by atoms with Crippen molar-refractivity contribution in [2.75, 3.05) is 32.8 Å². The summed E-state index contributed by atoms with van der Waals surface area (Å²) in [6.07, 6.45) is 5.60. The molecule has 1 aliphatic heterocycles. The Labute approximate surface area is 231 Å². The van der Waals surface area contributed by atoms with Crippen LogP contribution in [0.5, 0.6) is 11.5 Å². The summed E-state index contributed by atoms with van der Waals surface area (Å²) in [5.74, 6) is 1.36. The van der Waals surface area contributed by atoms with E-state index in [1.165, 1.54) is 44.5 Å². The Morgan fingerprint density at radius 2 is 1.44 bits per heavy atom.